The van der Waals surface area contributed by atoms with Crippen LogP contribution < -0.4 is 18.9 Å². The molecule has 1 aliphatic carbocycles. The molecule has 2 aromatic rings. The quantitative estimate of drug-likeness (QED) is 0.196. The van der Waals surface area contributed by atoms with Gasteiger partial charge in [-0.25, -0.2) is 0 Å². The van der Waals surface area contributed by atoms with Crippen molar-refractivity contribution in [3.8, 4) is 34.5 Å². The number of rotatable bonds is 10. The summed E-state index contributed by atoms with van der Waals surface area (Å²) in [7, 11) is 5.60. The molecule has 0 aromatic heterocycles. The van der Waals surface area contributed by atoms with E-state index < -0.39 is 55.1 Å². The van der Waals surface area contributed by atoms with Crippen molar-refractivity contribution in [1.82, 2.24) is 0 Å². The van der Waals surface area contributed by atoms with Crippen LogP contribution in [0.15, 0.2) is 18.2 Å². The summed E-state index contributed by atoms with van der Waals surface area (Å²) in [5, 5.41) is 72.6. The standard InChI is InChI=1S/C28H38O13/c1-36-16-7-13(8-17(37-2)22(16)31)20-15(11-40-28-26(35)25(34)23(32)19(10-30)41-28)14(9-29)5-12-6-18(38-3)24(33)27(39-4)21(12)20/h6-8,14-15,19-20,23,25-26,28-35H,5,9-11H2,1-4H3/t14-,15-,19-,20+,23+,25+,26+,28+/m0/s1. The highest BCUT2D eigenvalue weighted by molar-refractivity contribution is 5.64. The Morgan fingerprint density at radius 2 is 1.39 bits per heavy atom. The highest BCUT2D eigenvalue weighted by Gasteiger charge is 2.46. The van der Waals surface area contributed by atoms with Crippen LogP contribution in [0.3, 0.4) is 0 Å². The molecule has 2 aromatic carbocycles. The molecule has 1 fully saturated rings. The summed E-state index contributed by atoms with van der Waals surface area (Å²) in [5.74, 6) is -1.51. The van der Waals surface area contributed by atoms with E-state index in [0.717, 1.165) is 5.56 Å². The van der Waals surface area contributed by atoms with Gasteiger partial charge in [-0.1, -0.05) is 0 Å². The molecule has 2 aliphatic rings. The molecule has 4 rings (SSSR count). The number of aliphatic hydroxyl groups excluding tert-OH is 5. The van der Waals surface area contributed by atoms with Gasteiger partial charge in [0.05, 0.1) is 41.7 Å². The number of phenols is 2. The largest absolute Gasteiger partial charge is 0.502 e. The van der Waals surface area contributed by atoms with Crippen molar-refractivity contribution in [2.24, 2.45) is 11.8 Å². The number of hydrogen-bond acceptors (Lipinski definition) is 13. The van der Waals surface area contributed by atoms with E-state index in [1.54, 1.807) is 18.2 Å². The number of aromatic hydroxyl groups is 2. The molecule has 13 heteroatoms. The Kier molecular flexibility index (Phi) is 9.70. The van der Waals surface area contributed by atoms with Crippen LogP contribution >= 0.6 is 0 Å². The minimum absolute atomic E-state index is 0.123. The lowest BCUT2D eigenvalue weighted by Crippen LogP contribution is -2.59. The van der Waals surface area contributed by atoms with Gasteiger partial charge in [0.2, 0.25) is 11.5 Å². The van der Waals surface area contributed by atoms with E-state index in [1.807, 2.05) is 0 Å². The smallest absolute Gasteiger partial charge is 0.201 e. The van der Waals surface area contributed by atoms with Gasteiger partial charge < -0.3 is 64.2 Å². The molecule has 41 heavy (non-hydrogen) atoms. The van der Waals surface area contributed by atoms with Crippen molar-refractivity contribution in [1.29, 1.82) is 0 Å². The average Bonchev–Trinajstić information content (AvgIpc) is 2.98. The lowest BCUT2D eigenvalue weighted by Gasteiger charge is -2.43. The van der Waals surface area contributed by atoms with Crippen LogP contribution in [0.2, 0.25) is 0 Å². The lowest BCUT2D eigenvalue weighted by molar-refractivity contribution is -0.304. The maximum absolute atomic E-state index is 11.0. The molecule has 0 amide bonds. The van der Waals surface area contributed by atoms with Crippen molar-refractivity contribution in [2.75, 3.05) is 48.3 Å². The molecule has 0 unspecified atom stereocenters. The van der Waals surface area contributed by atoms with Crippen molar-refractivity contribution in [3.63, 3.8) is 0 Å². The predicted octanol–water partition coefficient (Wildman–Crippen LogP) is -0.139. The lowest BCUT2D eigenvalue weighted by atomic mass is 9.66. The number of benzene rings is 2. The summed E-state index contributed by atoms with van der Waals surface area (Å²) in [6, 6.07) is 4.88. The van der Waals surface area contributed by atoms with Gasteiger partial charge >= 0.3 is 0 Å². The van der Waals surface area contributed by atoms with Crippen LogP contribution in [-0.4, -0.2) is 115 Å². The minimum Gasteiger partial charge on any atom is -0.502 e. The topological polar surface area (TPSA) is 197 Å². The summed E-state index contributed by atoms with van der Waals surface area (Å²) in [4.78, 5) is 0. The van der Waals surface area contributed by atoms with Gasteiger partial charge in [-0.15, -0.1) is 0 Å². The molecule has 0 spiro atoms. The summed E-state index contributed by atoms with van der Waals surface area (Å²) in [5.41, 5.74) is 1.88. The van der Waals surface area contributed by atoms with Gasteiger partial charge in [0, 0.05) is 18.1 Å². The Morgan fingerprint density at radius 1 is 0.780 bits per heavy atom. The zero-order valence-electron chi connectivity index (χ0n) is 23.3. The van der Waals surface area contributed by atoms with Crippen LogP contribution in [0, 0.1) is 11.8 Å². The van der Waals surface area contributed by atoms with Crippen molar-refractivity contribution >= 4 is 0 Å². The van der Waals surface area contributed by atoms with Crippen molar-refractivity contribution in [3.05, 3.63) is 34.9 Å². The number of ether oxygens (including phenoxy) is 6. The fourth-order valence-electron chi connectivity index (χ4n) is 5.83. The monoisotopic (exact) mass is 582 g/mol. The van der Waals surface area contributed by atoms with Crippen molar-refractivity contribution in [2.45, 2.75) is 43.0 Å². The Hall–Kier alpha value is -3.04. The van der Waals surface area contributed by atoms with Gasteiger partial charge in [0.15, 0.2) is 29.3 Å². The van der Waals surface area contributed by atoms with Crippen molar-refractivity contribution < 1.29 is 64.2 Å². The molecule has 228 valence electrons. The number of phenolic OH excluding ortho intramolecular Hbond substituents is 2. The van der Waals surface area contributed by atoms with E-state index >= 15 is 0 Å². The number of hydrogen-bond donors (Lipinski definition) is 7. The van der Waals surface area contributed by atoms with Crippen LogP contribution in [0.25, 0.3) is 0 Å². The van der Waals surface area contributed by atoms with Crippen LogP contribution in [0.4, 0.5) is 0 Å². The Morgan fingerprint density at radius 3 is 1.93 bits per heavy atom. The van der Waals surface area contributed by atoms with E-state index in [2.05, 4.69) is 0 Å². The third-order valence-corrected chi connectivity index (χ3v) is 7.99. The van der Waals surface area contributed by atoms with Gasteiger partial charge in [-0.05, 0) is 47.6 Å². The van der Waals surface area contributed by atoms with Gasteiger partial charge in [-0.3, -0.25) is 0 Å². The molecule has 0 saturated carbocycles. The molecule has 13 nitrogen and oxygen atoms in total. The fourth-order valence-corrected chi connectivity index (χ4v) is 5.83. The van der Waals surface area contributed by atoms with Crippen LogP contribution in [0.5, 0.6) is 34.5 Å². The highest BCUT2D eigenvalue weighted by atomic mass is 16.7. The number of aliphatic hydroxyl groups is 5. The summed E-state index contributed by atoms with van der Waals surface area (Å²) in [6.07, 6.45) is -7.02. The van der Waals surface area contributed by atoms with Gasteiger partial charge in [0.25, 0.3) is 0 Å². The second-order valence-electron chi connectivity index (χ2n) is 10.1. The molecule has 1 heterocycles. The van der Waals surface area contributed by atoms with E-state index in [1.165, 1.54) is 28.4 Å². The van der Waals surface area contributed by atoms with E-state index in [-0.39, 0.29) is 47.7 Å². The normalized spacial score (nSPS) is 29.5. The molecular weight excluding hydrogens is 544 g/mol. The zero-order chi connectivity index (χ0) is 30.0. The first-order valence-corrected chi connectivity index (χ1v) is 13.1. The second kappa shape index (κ2) is 12.9. The second-order valence-corrected chi connectivity index (χ2v) is 10.1. The maximum Gasteiger partial charge on any atom is 0.201 e. The SMILES string of the molecule is COc1cc([C@H]2c3c(cc(OC)c(O)c3OC)C[C@@H](CO)[C@@H]2CO[C@@H]2O[C@@H](CO)[C@@H](O)[C@@H](O)[C@H]2O)cc(OC)c1O. The molecule has 1 aliphatic heterocycles. The van der Waals surface area contributed by atoms with E-state index in [9.17, 15) is 35.7 Å². The third kappa shape index (κ3) is 5.58. The van der Waals surface area contributed by atoms with Crippen LogP contribution in [-0.2, 0) is 15.9 Å². The first-order chi connectivity index (χ1) is 19.6. The summed E-state index contributed by atoms with van der Waals surface area (Å²) >= 11 is 0. The maximum atomic E-state index is 11.0. The summed E-state index contributed by atoms with van der Waals surface area (Å²) in [6.45, 7) is -1.02. The molecule has 8 atom stereocenters. The van der Waals surface area contributed by atoms with Gasteiger partial charge in [0.1, 0.15) is 24.4 Å². The number of fused-ring (bicyclic) bond motifs is 1. The predicted molar refractivity (Wildman–Crippen MR) is 142 cm³/mol. The average molecular weight is 583 g/mol. The zero-order valence-corrected chi connectivity index (χ0v) is 23.3. The molecule has 7 N–H and O–H groups in total. The molecular formula is C28H38O13. The Labute approximate surface area is 237 Å². The third-order valence-electron chi connectivity index (χ3n) is 7.99. The minimum atomic E-state index is -1.63. The number of methoxy groups -OCH3 is 4. The van der Waals surface area contributed by atoms with Gasteiger partial charge in [-0.2, -0.15) is 0 Å². The Bertz CT molecular complexity index is 1180. The molecule has 0 bridgehead atoms. The van der Waals surface area contributed by atoms with Crippen LogP contribution in [0.1, 0.15) is 22.6 Å². The van der Waals surface area contributed by atoms with E-state index in [4.69, 9.17) is 28.4 Å². The molecule has 1 saturated heterocycles. The molecule has 0 radical (unpaired) electrons. The first kappa shape index (κ1) is 30.9. The first-order valence-electron chi connectivity index (χ1n) is 13.1. The van der Waals surface area contributed by atoms with E-state index in [0.29, 0.717) is 17.5 Å². The summed E-state index contributed by atoms with van der Waals surface area (Å²) < 4.78 is 33.3. The fraction of sp³-hybridized carbons (Fsp3) is 0.571. The highest BCUT2D eigenvalue weighted by Crippen LogP contribution is 2.54. The Balaban J connectivity index is 1.85.